The lowest BCUT2D eigenvalue weighted by Crippen LogP contribution is -2.46. The van der Waals surface area contributed by atoms with Crippen LogP contribution in [0, 0.1) is 5.41 Å². The van der Waals surface area contributed by atoms with E-state index in [1.165, 1.54) is 0 Å². The van der Waals surface area contributed by atoms with E-state index in [0.29, 0.717) is 6.54 Å². The number of hydrogen-bond acceptors (Lipinski definition) is 3. The summed E-state index contributed by atoms with van der Waals surface area (Å²) in [4.78, 5) is 4.60. The van der Waals surface area contributed by atoms with Gasteiger partial charge in [0, 0.05) is 25.1 Å². The largest absolute Gasteiger partial charge is 0.396 e. The van der Waals surface area contributed by atoms with Crippen molar-refractivity contribution in [3.8, 4) is 0 Å². The normalized spacial score (nSPS) is 26.4. The zero-order valence-electron chi connectivity index (χ0n) is 13.5. The molecule has 118 valence electrons. The molecule has 0 saturated carbocycles. The third-order valence-corrected chi connectivity index (χ3v) is 4.13. The second kappa shape index (κ2) is 7.84. The summed E-state index contributed by atoms with van der Waals surface area (Å²) in [5, 5.41) is 16.0. The van der Waals surface area contributed by atoms with Crippen molar-refractivity contribution in [2.75, 3.05) is 32.8 Å². The molecule has 0 spiro atoms. The van der Waals surface area contributed by atoms with Crippen molar-refractivity contribution in [1.82, 2.24) is 10.6 Å². The number of nitrogens with one attached hydrogen (secondary N) is 2. The molecule has 2 atom stereocenters. The second-order valence-electron chi connectivity index (χ2n) is 6.27. The van der Waals surface area contributed by atoms with Crippen LogP contribution < -0.4 is 10.6 Å². The van der Waals surface area contributed by atoms with E-state index in [0.717, 1.165) is 44.9 Å². The molecule has 0 amide bonds. The molecule has 5 nitrogen and oxygen atoms in total. The Balaban J connectivity index is 2.54. The van der Waals surface area contributed by atoms with Crippen molar-refractivity contribution in [2.45, 2.75) is 52.6 Å². The molecular weight excluding hydrogens is 254 g/mol. The number of hydrogen-bond donors (Lipinski definition) is 3. The highest BCUT2D eigenvalue weighted by Gasteiger charge is 2.29. The fraction of sp³-hybridized carbons (Fsp3) is 0.933. The van der Waals surface area contributed by atoms with Crippen molar-refractivity contribution < 1.29 is 9.84 Å². The average Bonchev–Trinajstić information content (AvgIpc) is 2.89. The third kappa shape index (κ3) is 5.29. The smallest absolute Gasteiger partial charge is 0.191 e. The Morgan fingerprint density at radius 1 is 1.40 bits per heavy atom. The van der Waals surface area contributed by atoms with Gasteiger partial charge in [0.1, 0.15) is 0 Å². The predicted molar refractivity (Wildman–Crippen MR) is 83.1 cm³/mol. The summed E-state index contributed by atoms with van der Waals surface area (Å²) in [6.07, 6.45) is 3.13. The molecule has 0 aliphatic carbocycles. The average molecular weight is 285 g/mol. The number of nitrogens with zero attached hydrogens (tertiary/aromatic N) is 1. The van der Waals surface area contributed by atoms with Crippen LogP contribution in [-0.2, 0) is 4.74 Å². The van der Waals surface area contributed by atoms with Crippen molar-refractivity contribution in [1.29, 1.82) is 0 Å². The molecule has 1 rings (SSSR count). The van der Waals surface area contributed by atoms with E-state index in [2.05, 4.69) is 43.3 Å². The minimum atomic E-state index is -0.143. The Kier molecular flexibility index (Phi) is 6.76. The molecular formula is C15H31N3O2. The molecule has 1 heterocycles. The topological polar surface area (TPSA) is 65.9 Å². The van der Waals surface area contributed by atoms with Crippen molar-refractivity contribution >= 4 is 5.96 Å². The van der Waals surface area contributed by atoms with E-state index < -0.39 is 0 Å². The lowest BCUT2D eigenvalue weighted by Gasteiger charge is -2.26. The molecule has 0 aromatic rings. The molecule has 1 saturated heterocycles. The third-order valence-electron chi connectivity index (χ3n) is 4.13. The maximum atomic E-state index is 9.44. The van der Waals surface area contributed by atoms with E-state index in [1.807, 2.05) is 0 Å². The highest BCUT2D eigenvalue weighted by atomic mass is 16.5. The van der Waals surface area contributed by atoms with Gasteiger partial charge in [0.2, 0.25) is 0 Å². The van der Waals surface area contributed by atoms with Crippen molar-refractivity contribution in [2.24, 2.45) is 10.4 Å². The highest BCUT2D eigenvalue weighted by Crippen LogP contribution is 2.24. The summed E-state index contributed by atoms with van der Waals surface area (Å²) >= 11 is 0. The minimum absolute atomic E-state index is 0.0821. The number of rotatable bonds is 7. The summed E-state index contributed by atoms with van der Waals surface area (Å²) in [5.74, 6) is 0.803. The lowest BCUT2D eigenvalue weighted by atomic mass is 9.89. The van der Waals surface area contributed by atoms with Crippen LogP contribution in [0.5, 0.6) is 0 Å². The minimum Gasteiger partial charge on any atom is -0.396 e. The van der Waals surface area contributed by atoms with Crippen LogP contribution in [0.3, 0.4) is 0 Å². The maximum Gasteiger partial charge on any atom is 0.191 e. The van der Waals surface area contributed by atoms with E-state index in [4.69, 9.17) is 4.74 Å². The Hall–Kier alpha value is -0.810. The van der Waals surface area contributed by atoms with Gasteiger partial charge < -0.3 is 20.5 Å². The van der Waals surface area contributed by atoms with E-state index in [-0.39, 0.29) is 17.6 Å². The zero-order chi connectivity index (χ0) is 15.1. The van der Waals surface area contributed by atoms with Gasteiger partial charge >= 0.3 is 0 Å². The van der Waals surface area contributed by atoms with Gasteiger partial charge in [-0.25, -0.2) is 0 Å². The molecule has 0 bridgehead atoms. The van der Waals surface area contributed by atoms with Crippen LogP contribution in [0.15, 0.2) is 4.99 Å². The molecule has 5 heteroatoms. The molecule has 0 radical (unpaired) electrons. The van der Waals surface area contributed by atoms with Gasteiger partial charge in [-0.1, -0.05) is 13.8 Å². The van der Waals surface area contributed by atoms with Crippen molar-refractivity contribution in [3.63, 3.8) is 0 Å². The van der Waals surface area contributed by atoms with Gasteiger partial charge in [-0.15, -0.1) is 0 Å². The first kappa shape index (κ1) is 17.2. The summed E-state index contributed by atoms with van der Waals surface area (Å²) in [6, 6.07) is 0. The molecule has 3 N–H and O–H groups in total. The Bertz CT molecular complexity index is 308. The molecule has 1 fully saturated rings. The fourth-order valence-corrected chi connectivity index (χ4v) is 2.13. The molecule has 1 aliphatic rings. The number of ether oxygens (including phenoxy) is 1. The summed E-state index contributed by atoms with van der Waals surface area (Å²) in [5.41, 5.74) is -0.225. The van der Waals surface area contributed by atoms with E-state index >= 15 is 0 Å². The number of aliphatic imine (C=N–C) groups is 1. The number of aliphatic hydroxyl groups excluding tert-OH is 1. The Labute approximate surface area is 123 Å². The molecule has 0 aromatic heterocycles. The van der Waals surface area contributed by atoms with Crippen LogP contribution >= 0.6 is 0 Å². The lowest BCUT2D eigenvalue weighted by molar-refractivity contribution is 0.0242. The molecule has 1 aliphatic heterocycles. The van der Waals surface area contributed by atoms with Crippen LogP contribution in [0.2, 0.25) is 0 Å². The van der Waals surface area contributed by atoms with Crippen LogP contribution in [0.25, 0.3) is 0 Å². The second-order valence-corrected chi connectivity index (χ2v) is 6.27. The number of guanidine groups is 1. The predicted octanol–water partition coefficient (Wildman–Crippen LogP) is 1.52. The molecule has 2 unspecified atom stereocenters. The summed E-state index contributed by atoms with van der Waals surface area (Å²) in [7, 11) is 0. The standard InChI is InChI=1S/C15H31N3O2/c1-5-14(3,12-19)10-17-13(16-6-2)18-11-15(4)8-7-9-20-15/h19H,5-12H2,1-4H3,(H2,16,17,18). The van der Waals surface area contributed by atoms with Crippen LogP contribution in [0.1, 0.15) is 47.0 Å². The van der Waals surface area contributed by atoms with Gasteiger partial charge in [-0.2, -0.15) is 0 Å². The van der Waals surface area contributed by atoms with Crippen molar-refractivity contribution in [3.05, 3.63) is 0 Å². The van der Waals surface area contributed by atoms with E-state index in [1.54, 1.807) is 0 Å². The number of aliphatic hydroxyl groups is 1. The highest BCUT2D eigenvalue weighted by molar-refractivity contribution is 5.79. The molecule has 0 aromatic carbocycles. The Morgan fingerprint density at radius 2 is 2.15 bits per heavy atom. The van der Waals surface area contributed by atoms with Crippen LogP contribution in [-0.4, -0.2) is 49.5 Å². The quantitative estimate of drug-likeness (QED) is 0.490. The summed E-state index contributed by atoms with van der Waals surface area (Å²) in [6.45, 7) is 11.5. The van der Waals surface area contributed by atoms with Crippen LogP contribution in [0.4, 0.5) is 0 Å². The summed E-state index contributed by atoms with van der Waals surface area (Å²) < 4.78 is 5.77. The Morgan fingerprint density at radius 3 is 2.65 bits per heavy atom. The monoisotopic (exact) mass is 285 g/mol. The first-order valence-electron chi connectivity index (χ1n) is 7.74. The van der Waals surface area contributed by atoms with E-state index in [9.17, 15) is 5.11 Å². The van der Waals surface area contributed by atoms with Gasteiger partial charge in [0.25, 0.3) is 0 Å². The first-order chi connectivity index (χ1) is 9.47. The van der Waals surface area contributed by atoms with Gasteiger partial charge in [-0.3, -0.25) is 4.99 Å². The maximum absolute atomic E-state index is 9.44. The van der Waals surface area contributed by atoms with Gasteiger partial charge in [0.05, 0.1) is 18.8 Å². The van der Waals surface area contributed by atoms with Gasteiger partial charge in [-0.05, 0) is 33.1 Å². The fourth-order valence-electron chi connectivity index (χ4n) is 2.13. The first-order valence-corrected chi connectivity index (χ1v) is 7.74. The van der Waals surface area contributed by atoms with Gasteiger partial charge in [0.15, 0.2) is 5.96 Å². The zero-order valence-corrected chi connectivity index (χ0v) is 13.5. The molecule has 20 heavy (non-hydrogen) atoms. The SMILES string of the molecule is CCNC(=NCC(C)(CC)CO)NCC1(C)CCCO1.